The summed E-state index contributed by atoms with van der Waals surface area (Å²) in [6.45, 7) is 2.43. The molecule has 0 aromatic heterocycles. The molecule has 0 atom stereocenters. The van der Waals surface area contributed by atoms with Gasteiger partial charge in [0, 0.05) is 4.90 Å². The van der Waals surface area contributed by atoms with Crippen LogP contribution in [-0.2, 0) is 0 Å². The van der Waals surface area contributed by atoms with Gasteiger partial charge in [0.25, 0.3) is 0 Å². The second-order valence-electron chi connectivity index (χ2n) is 5.93. The normalized spacial score (nSPS) is 10.0. The molecule has 3 rings (SSSR count). The molecule has 0 aliphatic heterocycles. The Morgan fingerprint density at radius 1 is 0.767 bits per heavy atom. The zero-order valence-electron chi connectivity index (χ0n) is 16.0. The number of thioether (sulfide) groups is 1. The summed E-state index contributed by atoms with van der Waals surface area (Å²) in [4.78, 5) is 25.3. The van der Waals surface area contributed by atoms with Crippen molar-refractivity contribution in [1.82, 2.24) is 0 Å². The van der Waals surface area contributed by atoms with Crippen LogP contribution < -0.4 is 14.2 Å². The van der Waals surface area contributed by atoms with Crippen molar-refractivity contribution in [2.24, 2.45) is 0 Å². The molecule has 3 aromatic rings. The third-order valence-corrected chi connectivity index (χ3v) is 4.50. The Morgan fingerprint density at radius 3 is 1.63 bits per heavy atom. The Morgan fingerprint density at radius 2 is 1.20 bits per heavy atom. The highest BCUT2D eigenvalue weighted by Crippen LogP contribution is 2.22. The zero-order valence-corrected chi connectivity index (χ0v) is 16.8. The van der Waals surface area contributed by atoms with E-state index in [1.807, 2.05) is 12.3 Å². The summed E-state index contributed by atoms with van der Waals surface area (Å²) < 4.78 is 16.0. The second kappa shape index (κ2) is 10.1. The fourth-order valence-electron chi connectivity index (χ4n) is 2.47. The van der Waals surface area contributed by atoms with Gasteiger partial charge in [-0.3, -0.25) is 0 Å². The lowest BCUT2D eigenvalue weighted by molar-refractivity contribution is 0.0730. The van der Waals surface area contributed by atoms with Crippen LogP contribution in [0.4, 0.5) is 0 Å². The van der Waals surface area contributed by atoms with Crippen LogP contribution in [0.3, 0.4) is 0 Å². The number of benzene rings is 3. The second-order valence-corrected chi connectivity index (χ2v) is 6.78. The highest BCUT2D eigenvalue weighted by atomic mass is 32.2. The number of hydrogen-bond donors (Lipinski definition) is 0. The molecule has 7 heteroatoms. The average molecular weight is 419 g/mol. The van der Waals surface area contributed by atoms with Crippen molar-refractivity contribution in [3.05, 3.63) is 83.9 Å². The highest BCUT2D eigenvalue weighted by Gasteiger charge is 2.12. The number of thiocyanates is 1. The third kappa shape index (κ3) is 5.63. The van der Waals surface area contributed by atoms with Gasteiger partial charge < -0.3 is 14.2 Å². The maximum Gasteiger partial charge on any atom is 0.343 e. The molecule has 0 unspecified atom stereocenters. The van der Waals surface area contributed by atoms with Crippen LogP contribution in [-0.4, -0.2) is 18.5 Å². The topological polar surface area (TPSA) is 85.6 Å². The van der Waals surface area contributed by atoms with Crippen molar-refractivity contribution in [1.29, 1.82) is 5.26 Å². The number of nitriles is 1. The fourth-order valence-corrected chi connectivity index (χ4v) is 2.85. The molecule has 0 aliphatic rings. The Balaban J connectivity index is 1.59. The number of rotatable bonds is 7. The standard InChI is InChI=1S/C23H17NO5S/c1-2-27-18-7-3-16(4-8-18)22(25)28-19-9-5-17(6-10-19)23(26)29-20-11-13-21(14-12-20)30-15-24/h3-14H,2H2,1H3. The first-order valence-electron chi connectivity index (χ1n) is 9.02. The lowest BCUT2D eigenvalue weighted by atomic mass is 10.2. The largest absolute Gasteiger partial charge is 0.494 e. The number of carbonyl (C=O) groups excluding carboxylic acids is 2. The molecule has 0 saturated carbocycles. The van der Waals surface area contributed by atoms with Crippen molar-refractivity contribution in [2.75, 3.05) is 6.61 Å². The van der Waals surface area contributed by atoms with Crippen LogP contribution in [0.15, 0.2) is 77.7 Å². The maximum absolute atomic E-state index is 12.3. The molecular weight excluding hydrogens is 402 g/mol. The van der Waals surface area contributed by atoms with E-state index in [1.54, 1.807) is 48.5 Å². The SMILES string of the molecule is CCOc1ccc(C(=O)Oc2ccc(C(=O)Oc3ccc(SC#N)cc3)cc2)cc1. The van der Waals surface area contributed by atoms with Gasteiger partial charge in [-0.1, -0.05) is 0 Å². The zero-order chi connectivity index (χ0) is 21.3. The molecule has 0 spiro atoms. The molecule has 0 amide bonds. The summed E-state index contributed by atoms with van der Waals surface area (Å²) >= 11 is 1.02. The predicted octanol–water partition coefficient (Wildman–Crippen LogP) is 5.10. The Bertz CT molecular complexity index is 1050. The Kier molecular flexibility index (Phi) is 7.09. The van der Waals surface area contributed by atoms with E-state index < -0.39 is 11.9 Å². The minimum atomic E-state index is -0.542. The van der Waals surface area contributed by atoms with Crippen LogP contribution in [0, 0.1) is 10.7 Å². The van der Waals surface area contributed by atoms with E-state index in [-0.39, 0.29) is 0 Å². The minimum absolute atomic E-state index is 0.309. The van der Waals surface area contributed by atoms with Gasteiger partial charge in [-0.05, 0) is 91.5 Å². The average Bonchev–Trinajstić information content (AvgIpc) is 2.76. The van der Waals surface area contributed by atoms with Crippen LogP contribution in [0.5, 0.6) is 17.2 Å². The van der Waals surface area contributed by atoms with E-state index in [9.17, 15) is 9.59 Å². The Labute approximate surface area is 178 Å². The Hall–Kier alpha value is -3.76. The van der Waals surface area contributed by atoms with Gasteiger partial charge in [0.15, 0.2) is 0 Å². The van der Waals surface area contributed by atoms with E-state index in [2.05, 4.69) is 0 Å². The molecule has 0 saturated heterocycles. The summed E-state index contributed by atoms with van der Waals surface area (Å²) in [7, 11) is 0. The summed E-state index contributed by atoms with van der Waals surface area (Å²) in [5, 5.41) is 10.6. The number of hydrogen-bond acceptors (Lipinski definition) is 7. The first-order chi connectivity index (χ1) is 14.6. The number of carbonyl (C=O) groups is 2. The summed E-state index contributed by atoms with van der Waals surface area (Å²) in [5.41, 5.74) is 0.700. The van der Waals surface area contributed by atoms with E-state index in [0.717, 1.165) is 16.7 Å². The predicted molar refractivity (Wildman–Crippen MR) is 112 cm³/mol. The third-order valence-electron chi connectivity index (χ3n) is 3.90. The van der Waals surface area contributed by atoms with E-state index in [0.29, 0.717) is 35.0 Å². The van der Waals surface area contributed by atoms with Crippen LogP contribution in [0.25, 0.3) is 0 Å². The van der Waals surface area contributed by atoms with Crippen molar-refractivity contribution in [2.45, 2.75) is 11.8 Å². The molecule has 0 fully saturated rings. The van der Waals surface area contributed by atoms with Crippen LogP contribution in [0.1, 0.15) is 27.6 Å². The molecule has 0 radical (unpaired) electrons. The molecule has 3 aromatic carbocycles. The molecular formula is C23H17NO5S. The van der Waals surface area contributed by atoms with E-state index >= 15 is 0 Å². The molecule has 0 aliphatic carbocycles. The van der Waals surface area contributed by atoms with Crippen molar-refractivity contribution < 1.29 is 23.8 Å². The molecule has 30 heavy (non-hydrogen) atoms. The van der Waals surface area contributed by atoms with E-state index in [1.165, 1.54) is 24.3 Å². The highest BCUT2D eigenvalue weighted by molar-refractivity contribution is 8.03. The molecule has 6 nitrogen and oxygen atoms in total. The van der Waals surface area contributed by atoms with Gasteiger partial charge in [-0.25, -0.2) is 9.59 Å². The lowest BCUT2D eigenvalue weighted by Gasteiger charge is -2.07. The fraction of sp³-hybridized carbons (Fsp3) is 0.0870. The smallest absolute Gasteiger partial charge is 0.343 e. The monoisotopic (exact) mass is 419 g/mol. The number of ether oxygens (including phenoxy) is 3. The first-order valence-corrected chi connectivity index (χ1v) is 9.84. The molecule has 150 valence electrons. The van der Waals surface area contributed by atoms with Gasteiger partial charge in [-0.15, -0.1) is 0 Å². The van der Waals surface area contributed by atoms with Crippen LogP contribution in [0.2, 0.25) is 0 Å². The van der Waals surface area contributed by atoms with Gasteiger partial charge in [0.2, 0.25) is 0 Å². The van der Waals surface area contributed by atoms with Crippen molar-refractivity contribution >= 4 is 23.7 Å². The van der Waals surface area contributed by atoms with Gasteiger partial charge >= 0.3 is 11.9 Å². The number of esters is 2. The molecule has 0 N–H and O–H groups in total. The van der Waals surface area contributed by atoms with Gasteiger partial charge in [-0.2, -0.15) is 5.26 Å². The van der Waals surface area contributed by atoms with Gasteiger partial charge in [0.05, 0.1) is 17.7 Å². The quantitative estimate of drug-likeness (QED) is 0.228. The molecule has 0 heterocycles. The van der Waals surface area contributed by atoms with E-state index in [4.69, 9.17) is 19.5 Å². The lowest BCUT2D eigenvalue weighted by Crippen LogP contribution is -2.10. The summed E-state index contributed by atoms with van der Waals surface area (Å²) in [6, 6.07) is 19.3. The minimum Gasteiger partial charge on any atom is -0.494 e. The van der Waals surface area contributed by atoms with Gasteiger partial charge in [0.1, 0.15) is 22.6 Å². The first kappa shape index (κ1) is 21.0. The maximum atomic E-state index is 12.3. The number of nitrogens with zero attached hydrogens (tertiary/aromatic N) is 1. The molecule has 0 bridgehead atoms. The summed E-state index contributed by atoms with van der Waals surface area (Å²) in [6.07, 6.45) is 0. The van der Waals surface area contributed by atoms with Crippen molar-refractivity contribution in [3.63, 3.8) is 0 Å². The van der Waals surface area contributed by atoms with Crippen LogP contribution >= 0.6 is 11.8 Å². The summed E-state index contributed by atoms with van der Waals surface area (Å²) in [5.74, 6) is 0.302. The van der Waals surface area contributed by atoms with Crippen molar-refractivity contribution in [3.8, 4) is 22.6 Å².